The number of hydrogen-bond donors (Lipinski definition) is 4. The number of ether oxygens (including phenoxy) is 8. The van der Waals surface area contributed by atoms with Gasteiger partial charge in [0.15, 0.2) is 0 Å². The van der Waals surface area contributed by atoms with Gasteiger partial charge in [-0.2, -0.15) is 0 Å². The Labute approximate surface area is 353 Å². The second kappa shape index (κ2) is 42.3. The fraction of sp³-hybridized carbons (Fsp3) is 0.879. The summed E-state index contributed by atoms with van der Waals surface area (Å²) in [5.41, 5.74) is 32.9. The zero-order chi connectivity index (χ0) is 44.8. The van der Waals surface area contributed by atoms with Gasteiger partial charge in [0.25, 0.3) is 0 Å². The van der Waals surface area contributed by atoms with Crippen molar-refractivity contribution < 1.29 is 57.1 Å². The van der Waals surface area contributed by atoms with E-state index in [1.54, 1.807) is 0 Å². The van der Waals surface area contributed by atoms with Crippen LogP contribution in [0.25, 0.3) is 41.8 Å². The molecule has 0 radical (unpaired) electrons. The van der Waals surface area contributed by atoms with Crippen LogP contribution in [0.5, 0.6) is 0 Å². The normalized spacial score (nSPS) is 11.1. The quantitative estimate of drug-likeness (QED) is 0.0200. The number of nitrogens with zero attached hydrogens (tertiary/aromatic N) is 12. The standard InChI is InChI=1S/C33H60N16O12/c34-46-42-13-1-9-38-29(50)58-25-21-54-17-5-33(6-18-55-22-26-59-30(51)39-10-2-14-43-47-35,7-19-56-23-27-60-31(52)40-11-3-15-44-48-36)8-20-57-24-28-61-32(53)41-12-4-16-45-49-37/h1-28H2,(H,38,50)(H,39,51)(H,40,52)(H,41,53). The molecule has 0 rings (SSSR count). The predicted octanol–water partition coefficient (Wildman–Crippen LogP) is 5.31. The lowest BCUT2D eigenvalue weighted by Gasteiger charge is -2.34. The maximum atomic E-state index is 11.9. The van der Waals surface area contributed by atoms with Crippen LogP contribution in [0.15, 0.2) is 20.5 Å². The van der Waals surface area contributed by atoms with Gasteiger partial charge < -0.3 is 59.2 Å². The highest BCUT2D eigenvalue weighted by Gasteiger charge is 2.30. The minimum absolute atomic E-state index is 0.00530. The minimum atomic E-state index is -0.629. The lowest BCUT2D eigenvalue weighted by atomic mass is 9.76. The van der Waals surface area contributed by atoms with E-state index >= 15 is 0 Å². The van der Waals surface area contributed by atoms with Gasteiger partial charge in [-0.05, 0) is 78.9 Å². The molecular formula is C33H60N16O12. The number of rotatable bonds is 40. The van der Waals surface area contributed by atoms with E-state index < -0.39 is 29.8 Å². The third-order valence-corrected chi connectivity index (χ3v) is 8.02. The Balaban J connectivity index is 5.31. The third kappa shape index (κ3) is 38.1. The van der Waals surface area contributed by atoms with Crippen molar-refractivity contribution in [3.63, 3.8) is 0 Å². The number of alkyl carbamates (subject to hydrolysis) is 4. The molecule has 4 N–H and O–H groups in total. The lowest BCUT2D eigenvalue weighted by molar-refractivity contribution is -0.00926. The van der Waals surface area contributed by atoms with Gasteiger partial charge in [-0.1, -0.05) is 20.5 Å². The second-order valence-electron chi connectivity index (χ2n) is 12.4. The zero-order valence-corrected chi connectivity index (χ0v) is 34.6. The van der Waals surface area contributed by atoms with Crippen molar-refractivity contribution in [2.75, 3.05) is 132 Å². The van der Waals surface area contributed by atoms with Gasteiger partial charge in [0, 0.05) is 98.4 Å². The average molecular weight is 873 g/mol. The molecule has 0 aliphatic rings. The van der Waals surface area contributed by atoms with Crippen LogP contribution in [-0.2, 0) is 37.9 Å². The molecule has 0 bridgehead atoms. The lowest BCUT2D eigenvalue weighted by Crippen LogP contribution is -2.31. The highest BCUT2D eigenvalue weighted by Crippen LogP contribution is 2.35. The number of carbonyl (C=O) groups excluding carboxylic acids is 4. The fourth-order valence-corrected chi connectivity index (χ4v) is 4.83. The number of amides is 4. The van der Waals surface area contributed by atoms with E-state index in [1.807, 2.05) is 0 Å². The summed E-state index contributed by atoms with van der Waals surface area (Å²) in [5, 5.41) is 23.8. The Bertz CT molecular complexity index is 1190. The van der Waals surface area contributed by atoms with Crippen molar-refractivity contribution in [2.45, 2.75) is 51.4 Å². The highest BCUT2D eigenvalue weighted by atomic mass is 16.6. The van der Waals surface area contributed by atoms with Crippen molar-refractivity contribution >= 4 is 24.4 Å². The molecule has 0 atom stereocenters. The number of hydrogen-bond acceptors (Lipinski definition) is 16. The van der Waals surface area contributed by atoms with E-state index in [2.05, 4.69) is 61.4 Å². The number of nitrogens with one attached hydrogen (secondary N) is 4. The van der Waals surface area contributed by atoms with Gasteiger partial charge >= 0.3 is 24.4 Å². The first-order valence-corrected chi connectivity index (χ1v) is 19.8. The second-order valence-corrected chi connectivity index (χ2v) is 12.4. The summed E-state index contributed by atoms with van der Waals surface area (Å²) in [5.74, 6) is 0. The van der Waals surface area contributed by atoms with E-state index in [-0.39, 0.29) is 132 Å². The van der Waals surface area contributed by atoms with E-state index in [1.165, 1.54) is 0 Å². The molecule has 0 spiro atoms. The molecule has 0 aliphatic carbocycles. The Morgan fingerprint density at radius 2 is 0.607 bits per heavy atom. The molecule has 28 heteroatoms. The third-order valence-electron chi connectivity index (χ3n) is 8.02. The summed E-state index contributed by atoms with van der Waals surface area (Å²) in [7, 11) is 0. The highest BCUT2D eigenvalue weighted by molar-refractivity contribution is 5.68. The van der Waals surface area contributed by atoms with Crippen LogP contribution in [-0.4, -0.2) is 156 Å². The van der Waals surface area contributed by atoms with Crippen molar-refractivity contribution in [3.8, 4) is 0 Å². The van der Waals surface area contributed by atoms with Crippen LogP contribution >= 0.6 is 0 Å². The Morgan fingerprint density at radius 3 is 0.820 bits per heavy atom. The molecule has 28 nitrogen and oxygen atoms in total. The molecule has 344 valence electrons. The first kappa shape index (κ1) is 55.2. The molecular weight excluding hydrogens is 812 g/mol. The number of azide groups is 4. The first-order chi connectivity index (χ1) is 29.8. The van der Waals surface area contributed by atoms with Crippen LogP contribution in [0, 0.1) is 5.41 Å². The van der Waals surface area contributed by atoms with Gasteiger partial charge in [-0.25, -0.2) is 19.2 Å². The minimum Gasteiger partial charge on any atom is -0.447 e. The molecule has 0 unspecified atom stereocenters. The van der Waals surface area contributed by atoms with E-state index in [0.717, 1.165) is 0 Å². The van der Waals surface area contributed by atoms with Gasteiger partial charge in [-0.15, -0.1) is 0 Å². The van der Waals surface area contributed by atoms with Crippen LogP contribution < -0.4 is 21.3 Å². The van der Waals surface area contributed by atoms with Gasteiger partial charge in [0.2, 0.25) is 0 Å². The summed E-state index contributed by atoms with van der Waals surface area (Å²) >= 11 is 0. The summed E-state index contributed by atoms with van der Waals surface area (Å²) < 4.78 is 43.9. The molecule has 0 saturated heterocycles. The van der Waals surface area contributed by atoms with Crippen molar-refractivity contribution in [1.29, 1.82) is 0 Å². The first-order valence-electron chi connectivity index (χ1n) is 19.8. The molecule has 0 fully saturated rings. The van der Waals surface area contributed by atoms with Gasteiger partial charge in [-0.3, -0.25) is 0 Å². The molecule has 0 saturated carbocycles. The van der Waals surface area contributed by atoms with Crippen LogP contribution in [0.3, 0.4) is 0 Å². The monoisotopic (exact) mass is 872 g/mol. The smallest absolute Gasteiger partial charge is 0.407 e. The largest absolute Gasteiger partial charge is 0.447 e. The topological polar surface area (TPSA) is 385 Å². The van der Waals surface area contributed by atoms with Crippen molar-refractivity contribution in [2.24, 2.45) is 25.9 Å². The average Bonchev–Trinajstić information content (AvgIpc) is 3.25. The summed E-state index contributed by atoms with van der Waals surface area (Å²) in [4.78, 5) is 58.3. The summed E-state index contributed by atoms with van der Waals surface area (Å²) in [6.45, 7) is 3.65. The van der Waals surface area contributed by atoms with Gasteiger partial charge in [0.1, 0.15) is 26.4 Å². The Kier molecular flexibility index (Phi) is 38.2. The summed E-state index contributed by atoms with van der Waals surface area (Å²) in [6.07, 6.45) is 1.37. The van der Waals surface area contributed by atoms with E-state index in [4.69, 9.17) is 60.0 Å². The Hall–Kier alpha value is -5.84. The molecule has 0 heterocycles. The molecule has 0 aliphatic heterocycles. The predicted molar refractivity (Wildman–Crippen MR) is 216 cm³/mol. The SMILES string of the molecule is [N-]=[N+]=NCCCNC(=O)OCCOCCC(CCOCCOC(=O)NCCCN=[N+]=[N-])(CCOCCOC(=O)NCCCN=[N+]=[N-])CCOCCOC(=O)NCCCN=[N+]=[N-]. The van der Waals surface area contributed by atoms with Crippen LogP contribution in [0.1, 0.15) is 51.4 Å². The molecule has 61 heavy (non-hydrogen) atoms. The van der Waals surface area contributed by atoms with E-state index in [9.17, 15) is 19.2 Å². The van der Waals surface area contributed by atoms with Crippen molar-refractivity contribution in [1.82, 2.24) is 21.3 Å². The molecule has 4 amide bonds. The zero-order valence-electron chi connectivity index (χ0n) is 34.6. The maximum Gasteiger partial charge on any atom is 0.407 e. The Morgan fingerprint density at radius 1 is 0.377 bits per heavy atom. The maximum absolute atomic E-state index is 11.9. The van der Waals surface area contributed by atoms with Gasteiger partial charge in [0.05, 0.1) is 26.4 Å². The molecule has 0 aromatic heterocycles. The fourth-order valence-electron chi connectivity index (χ4n) is 4.83. The molecule has 0 aromatic carbocycles. The van der Waals surface area contributed by atoms with Crippen molar-refractivity contribution in [3.05, 3.63) is 41.8 Å². The summed E-state index contributed by atoms with van der Waals surface area (Å²) in [6, 6.07) is 0. The van der Waals surface area contributed by atoms with Crippen LogP contribution in [0.4, 0.5) is 19.2 Å². The number of carbonyl (C=O) groups is 4. The molecule has 0 aromatic rings. The van der Waals surface area contributed by atoms with E-state index in [0.29, 0.717) is 51.4 Å². The van der Waals surface area contributed by atoms with Crippen LogP contribution in [0.2, 0.25) is 0 Å².